The predicted molar refractivity (Wildman–Crippen MR) is 51.6 cm³/mol. The largest absolute Gasteiger partial charge is 0.450 e. The summed E-state index contributed by atoms with van der Waals surface area (Å²) in [6.45, 7) is 2.69. The van der Waals surface area contributed by atoms with Gasteiger partial charge < -0.3 is 4.74 Å². The average molecular weight is 192 g/mol. The van der Waals surface area contributed by atoms with E-state index >= 15 is 0 Å². The van der Waals surface area contributed by atoms with Gasteiger partial charge in [0.15, 0.2) is 11.9 Å². The van der Waals surface area contributed by atoms with Gasteiger partial charge in [-0.3, -0.25) is 9.59 Å². The highest BCUT2D eigenvalue weighted by Gasteiger charge is 2.18. The molecule has 0 aliphatic carbocycles. The highest BCUT2D eigenvalue weighted by Crippen LogP contribution is 2.17. The SMILES string of the molecule is CC(=O)O[C@H](C(C)=O)c1ccccc1. The summed E-state index contributed by atoms with van der Waals surface area (Å²) >= 11 is 0. The van der Waals surface area contributed by atoms with Crippen LogP contribution in [0.25, 0.3) is 0 Å². The molecule has 3 heteroatoms. The first kappa shape index (κ1) is 10.4. The van der Waals surface area contributed by atoms with Gasteiger partial charge in [-0.25, -0.2) is 0 Å². The summed E-state index contributed by atoms with van der Waals surface area (Å²) in [6, 6.07) is 8.96. The predicted octanol–water partition coefficient (Wildman–Crippen LogP) is 1.88. The molecule has 0 aromatic heterocycles. The van der Waals surface area contributed by atoms with Crippen molar-refractivity contribution < 1.29 is 14.3 Å². The number of rotatable bonds is 3. The Morgan fingerprint density at radius 3 is 2.14 bits per heavy atom. The molecule has 3 nitrogen and oxygen atoms in total. The number of esters is 1. The second-order valence-electron chi connectivity index (χ2n) is 3.01. The van der Waals surface area contributed by atoms with Crippen LogP contribution in [0, 0.1) is 0 Å². The fraction of sp³-hybridized carbons (Fsp3) is 0.273. The molecule has 14 heavy (non-hydrogen) atoms. The van der Waals surface area contributed by atoms with Crippen LogP contribution in [-0.4, -0.2) is 11.8 Å². The first-order chi connectivity index (χ1) is 6.61. The first-order valence-corrected chi connectivity index (χ1v) is 4.34. The van der Waals surface area contributed by atoms with Crippen LogP contribution < -0.4 is 0 Å². The van der Waals surface area contributed by atoms with Crippen LogP contribution in [0.2, 0.25) is 0 Å². The van der Waals surface area contributed by atoms with Gasteiger partial charge in [-0.05, 0) is 12.5 Å². The average Bonchev–Trinajstić information content (AvgIpc) is 2.15. The molecule has 1 aromatic carbocycles. The minimum absolute atomic E-state index is 0.175. The Labute approximate surface area is 82.7 Å². The number of benzene rings is 1. The second kappa shape index (κ2) is 4.56. The molecule has 0 fully saturated rings. The number of Topliss-reactive ketones (excluding diaryl/α,β-unsaturated/α-hetero) is 1. The van der Waals surface area contributed by atoms with Crippen LogP contribution in [0.4, 0.5) is 0 Å². The number of ether oxygens (including phenoxy) is 1. The van der Waals surface area contributed by atoms with Gasteiger partial charge in [-0.2, -0.15) is 0 Å². The molecule has 1 rings (SSSR count). The number of hydrogen-bond acceptors (Lipinski definition) is 3. The van der Waals surface area contributed by atoms with Crippen LogP contribution in [0.3, 0.4) is 0 Å². The maximum atomic E-state index is 11.2. The van der Waals surface area contributed by atoms with Crippen molar-refractivity contribution in [2.75, 3.05) is 0 Å². The second-order valence-corrected chi connectivity index (χ2v) is 3.01. The lowest BCUT2D eigenvalue weighted by Crippen LogP contribution is -2.15. The van der Waals surface area contributed by atoms with E-state index in [9.17, 15) is 9.59 Å². The Morgan fingerprint density at radius 2 is 1.71 bits per heavy atom. The Kier molecular flexibility index (Phi) is 3.40. The van der Waals surface area contributed by atoms with Crippen LogP contribution in [0.15, 0.2) is 30.3 Å². The van der Waals surface area contributed by atoms with E-state index in [1.807, 2.05) is 6.07 Å². The third kappa shape index (κ3) is 2.69. The van der Waals surface area contributed by atoms with Crippen molar-refractivity contribution >= 4 is 11.8 Å². The maximum Gasteiger partial charge on any atom is 0.303 e. The molecule has 0 saturated carbocycles. The van der Waals surface area contributed by atoms with E-state index in [-0.39, 0.29) is 5.78 Å². The molecule has 1 atom stereocenters. The highest BCUT2D eigenvalue weighted by atomic mass is 16.5. The normalized spacial score (nSPS) is 11.9. The zero-order valence-electron chi connectivity index (χ0n) is 8.19. The summed E-state index contributed by atoms with van der Waals surface area (Å²) in [7, 11) is 0. The zero-order chi connectivity index (χ0) is 10.6. The highest BCUT2D eigenvalue weighted by molar-refractivity contribution is 5.84. The fourth-order valence-electron chi connectivity index (χ4n) is 1.18. The fourth-order valence-corrected chi connectivity index (χ4v) is 1.18. The van der Waals surface area contributed by atoms with Gasteiger partial charge in [-0.1, -0.05) is 30.3 Å². The van der Waals surface area contributed by atoms with E-state index in [1.165, 1.54) is 13.8 Å². The molecule has 0 bridgehead atoms. The lowest BCUT2D eigenvalue weighted by atomic mass is 10.1. The molecule has 1 aromatic rings. The molecule has 0 unspecified atom stereocenters. The van der Waals surface area contributed by atoms with Crippen molar-refractivity contribution in [3.63, 3.8) is 0 Å². The molecule has 0 saturated heterocycles. The van der Waals surface area contributed by atoms with E-state index < -0.39 is 12.1 Å². The molecule has 0 aliphatic rings. The summed E-state index contributed by atoms with van der Waals surface area (Å²) in [4.78, 5) is 22.0. The molecule has 74 valence electrons. The summed E-state index contributed by atoms with van der Waals surface area (Å²) in [5, 5.41) is 0. The van der Waals surface area contributed by atoms with Gasteiger partial charge in [-0.15, -0.1) is 0 Å². The van der Waals surface area contributed by atoms with Gasteiger partial charge in [0.2, 0.25) is 0 Å². The Bertz CT molecular complexity index is 330. The van der Waals surface area contributed by atoms with Crippen molar-refractivity contribution in [3.05, 3.63) is 35.9 Å². The van der Waals surface area contributed by atoms with Crippen molar-refractivity contribution in [1.82, 2.24) is 0 Å². The number of ketones is 1. The van der Waals surface area contributed by atoms with Crippen molar-refractivity contribution in [1.29, 1.82) is 0 Å². The molecule has 0 amide bonds. The Hall–Kier alpha value is -1.64. The van der Waals surface area contributed by atoms with Crippen LogP contribution in [0.5, 0.6) is 0 Å². The van der Waals surface area contributed by atoms with Crippen molar-refractivity contribution in [2.45, 2.75) is 20.0 Å². The molecular weight excluding hydrogens is 180 g/mol. The Balaban J connectivity index is 2.89. The minimum Gasteiger partial charge on any atom is -0.450 e. The van der Waals surface area contributed by atoms with E-state index in [4.69, 9.17) is 4.74 Å². The Morgan fingerprint density at radius 1 is 1.14 bits per heavy atom. The zero-order valence-corrected chi connectivity index (χ0v) is 8.19. The van der Waals surface area contributed by atoms with E-state index in [0.717, 1.165) is 0 Å². The summed E-state index contributed by atoms with van der Waals surface area (Å²) in [5.41, 5.74) is 0.704. The lowest BCUT2D eigenvalue weighted by molar-refractivity contribution is -0.152. The monoisotopic (exact) mass is 192 g/mol. The quantitative estimate of drug-likeness (QED) is 0.687. The number of carbonyl (C=O) groups excluding carboxylic acids is 2. The summed E-state index contributed by atoms with van der Waals surface area (Å²) in [6.07, 6.45) is -0.770. The third-order valence-electron chi connectivity index (χ3n) is 1.76. The lowest BCUT2D eigenvalue weighted by Gasteiger charge is -2.13. The molecule has 0 heterocycles. The molecule has 0 spiro atoms. The number of hydrogen-bond donors (Lipinski definition) is 0. The third-order valence-corrected chi connectivity index (χ3v) is 1.76. The van der Waals surface area contributed by atoms with Gasteiger partial charge in [0.1, 0.15) is 0 Å². The summed E-state index contributed by atoms with van der Waals surface area (Å²) < 4.78 is 4.91. The topological polar surface area (TPSA) is 43.4 Å². The smallest absolute Gasteiger partial charge is 0.303 e. The van der Waals surface area contributed by atoms with E-state index in [1.54, 1.807) is 24.3 Å². The van der Waals surface area contributed by atoms with Crippen LogP contribution in [-0.2, 0) is 14.3 Å². The van der Waals surface area contributed by atoms with Crippen molar-refractivity contribution in [3.8, 4) is 0 Å². The number of carbonyl (C=O) groups is 2. The van der Waals surface area contributed by atoms with Gasteiger partial charge in [0.05, 0.1) is 0 Å². The van der Waals surface area contributed by atoms with Gasteiger partial charge in [0, 0.05) is 6.92 Å². The molecule has 0 N–H and O–H groups in total. The van der Waals surface area contributed by atoms with Crippen LogP contribution in [0.1, 0.15) is 25.5 Å². The van der Waals surface area contributed by atoms with E-state index in [2.05, 4.69) is 0 Å². The molecule has 0 aliphatic heterocycles. The minimum atomic E-state index is -0.770. The standard InChI is InChI=1S/C11H12O3/c1-8(12)11(14-9(2)13)10-6-4-3-5-7-10/h3-7,11H,1-2H3/t11-/m1/s1. The first-order valence-electron chi connectivity index (χ1n) is 4.34. The summed E-state index contributed by atoms with van der Waals surface area (Å²) in [5.74, 6) is -0.625. The maximum absolute atomic E-state index is 11.2. The van der Waals surface area contributed by atoms with Gasteiger partial charge in [0.25, 0.3) is 0 Å². The molecular formula is C11H12O3. The van der Waals surface area contributed by atoms with E-state index in [0.29, 0.717) is 5.56 Å². The van der Waals surface area contributed by atoms with Crippen LogP contribution >= 0.6 is 0 Å². The van der Waals surface area contributed by atoms with Crippen molar-refractivity contribution in [2.24, 2.45) is 0 Å². The van der Waals surface area contributed by atoms with Gasteiger partial charge >= 0.3 is 5.97 Å². The molecule has 0 radical (unpaired) electrons.